The van der Waals surface area contributed by atoms with Crippen molar-refractivity contribution in [1.29, 1.82) is 0 Å². The molecule has 2 rings (SSSR count). The minimum atomic E-state index is -2.67. The maximum absolute atomic E-state index is 10.6. The maximum atomic E-state index is 10.6. The molecule has 5 nitrogen and oxygen atoms in total. The topological polar surface area (TPSA) is 85.8 Å². The summed E-state index contributed by atoms with van der Waals surface area (Å²) in [5.74, 6) is 0. The molecule has 0 saturated carbocycles. The van der Waals surface area contributed by atoms with Gasteiger partial charge in [0.1, 0.15) is 0 Å². The van der Waals surface area contributed by atoms with Gasteiger partial charge in [0.2, 0.25) is 0 Å². The number of benzene rings is 1. The van der Waals surface area contributed by atoms with Crippen molar-refractivity contribution in [3.63, 3.8) is 0 Å². The van der Waals surface area contributed by atoms with Crippen LogP contribution in [-0.2, 0) is 15.5 Å². The quantitative estimate of drug-likeness (QED) is 0.439. The molecule has 0 heterocycles. The molecule has 0 saturated heterocycles. The summed E-state index contributed by atoms with van der Waals surface area (Å²) >= 11 is -2.67. The van der Waals surface area contributed by atoms with Gasteiger partial charge < -0.3 is 10.1 Å². The highest BCUT2D eigenvalue weighted by Crippen LogP contribution is 2.28. The minimum Gasteiger partial charge on any atom is -0.750 e. The summed E-state index contributed by atoms with van der Waals surface area (Å²) in [6.45, 7) is 0. The predicted molar refractivity (Wildman–Crippen MR) is 56.8 cm³/mol. The van der Waals surface area contributed by atoms with Crippen molar-refractivity contribution in [3.05, 3.63) is 47.0 Å². The van der Waals surface area contributed by atoms with Crippen LogP contribution in [-0.4, -0.2) is 19.3 Å². The van der Waals surface area contributed by atoms with E-state index in [-0.39, 0.29) is 5.71 Å². The van der Waals surface area contributed by atoms with Gasteiger partial charge in [0.25, 0.3) is 0 Å². The third-order valence-corrected chi connectivity index (χ3v) is 2.62. The Morgan fingerprint density at radius 2 is 2.12 bits per heavy atom. The third-order valence-electron chi connectivity index (χ3n) is 2.27. The van der Waals surface area contributed by atoms with Crippen molar-refractivity contribution in [2.24, 2.45) is 0 Å². The molecule has 0 amide bonds. The van der Waals surface area contributed by atoms with E-state index in [9.17, 15) is 8.76 Å². The van der Waals surface area contributed by atoms with E-state index in [0.29, 0.717) is 5.56 Å². The lowest BCUT2D eigenvalue weighted by Gasteiger charge is -2.18. The van der Waals surface area contributed by atoms with Crippen molar-refractivity contribution in [1.82, 2.24) is 0 Å². The smallest absolute Gasteiger partial charge is 0.326 e. The Bertz CT molecular complexity index is 521. The second-order valence-electron chi connectivity index (χ2n) is 3.17. The number of fused-ring (bicyclic) bond motifs is 1. The highest BCUT2D eigenvalue weighted by molar-refractivity contribution is 7.74. The van der Waals surface area contributed by atoms with E-state index in [4.69, 9.17) is 9.71 Å². The van der Waals surface area contributed by atoms with Gasteiger partial charge in [0.05, 0.1) is 11.4 Å². The molecule has 1 aliphatic rings. The summed E-state index contributed by atoms with van der Waals surface area (Å²) in [6, 6.07) is 7.14. The van der Waals surface area contributed by atoms with Crippen LogP contribution >= 0.6 is 0 Å². The lowest BCUT2D eigenvalue weighted by Crippen LogP contribution is -2.20. The van der Waals surface area contributed by atoms with Crippen molar-refractivity contribution in [2.45, 2.75) is 6.10 Å². The van der Waals surface area contributed by atoms with Gasteiger partial charge >= 0.3 is 5.71 Å². The Morgan fingerprint density at radius 1 is 1.38 bits per heavy atom. The zero-order chi connectivity index (χ0) is 11.5. The van der Waals surface area contributed by atoms with Crippen LogP contribution in [0.15, 0.2) is 30.3 Å². The summed E-state index contributed by atoms with van der Waals surface area (Å²) in [6.07, 6.45) is 2.36. The Balaban J connectivity index is 2.50. The molecule has 6 heteroatoms. The Labute approximate surface area is 94.5 Å². The van der Waals surface area contributed by atoms with E-state index < -0.39 is 17.5 Å². The highest BCUT2D eigenvalue weighted by atomic mass is 32.2. The van der Waals surface area contributed by atoms with Crippen LogP contribution in [0.25, 0.3) is 11.6 Å². The van der Waals surface area contributed by atoms with E-state index in [2.05, 4.69) is 4.79 Å². The molecule has 1 aliphatic carbocycles. The Kier molecular flexibility index (Phi) is 3.07. The summed E-state index contributed by atoms with van der Waals surface area (Å²) in [7, 11) is 0. The number of hydrogen-bond acceptors (Lipinski definition) is 3. The zero-order valence-electron chi connectivity index (χ0n) is 8.07. The molecule has 1 aromatic rings. The molecular weight excluding hydrogens is 228 g/mol. The van der Waals surface area contributed by atoms with E-state index >= 15 is 0 Å². The van der Waals surface area contributed by atoms with Gasteiger partial charge in [-0.1, -0.05) is 24.3 Å². The standard InChI is InChI=1S/C10H8N2O3S/c11-12-9-6-5-7-3-1-2-4-8(7)10(9)15-16(13)14/h1-6,10H,(H,13,14)/p-1. The van der Waals surface area contributed by atoms with E-state index in [0.717, 1.165) is 5.56 Å². The molecule has 0 bridgehead atoms. The average molecular weight is 235 g/mol. The number of nitrogens with zero attached hydrogens (tertiary/aromatic N) is 2. The third kappa shape index (κ3) is 2.00. The predicted octanol–water partition coefficient (Wildman–Crippen LogP) is 1.24. The van der Waals surface area contributed by atoms with Crippen molar-refractivity contribution in [2.75, 3.05) is 0 Å². The van der Waals surface area contributed by atoms with Gasteiger partial charge in [-0.05, 0) is 11.6 Å². The maximum Gasteiger partial charge on any atom is 0.326 e. The zero-order valence-corrected chi connectivity index (χ0v) is 8.89. The molecule has 0 radical (unpaired) electrons. The molecule has 16 heavy (non-hydrogen) atoms. The van der Waals surface area contributed by atoms with Crippen LogP contribution in [0.1, 0.15) is 17.2 Å². The SMILES string of the molecule is [N-]=[N+]=C1C=Cc2ccccc2C1OS(=O)[O-]. The fourth-order valence-corrected chi connectivity index (χ4v) is 1.95. The molecule has 2 atom stereocenters. The van der Waals surface area contributed by atoms with Gasteiger partial charge in [-0.15, -0.1) is 0 Å². The molecule has 0 N–H and O–H groups in total. The van der Waals surface area contributed by atoms with Crippen LogP contribution in [0, 0.1) is 0 Å². The molecule has 1 aromatic carbocycles. The van der Waals surface area contributed by atoms with Crippen LogP contribution in [0.5, 0.6) is 0 Å². The molecule has 0 aromatic heterocycles. The lowest BCUT2D eigenvalue weighted by atomic mass is 9.94. The molecule has 2 unspecified atom stereocenters. The number of hydrogen-bond donors (Lipinski definition) is 0. The molecular formula is C10H7N2O3S-. The average Bonchev–Trinajstić information content (AvgIpc) is 2.29. The normalized spacial score (nSPS) is 20.1. The van der Waals surface area contributed by atoms with Gasteiger partial charge in [-0.2, -0.15) is 4.79 Å². The largest absolute Gasteiger partial charge is 0.750 e. The molecule has 0 fully saturated rings. The lowest BCUT2D eigenvalue weighted by molar-refractivity contribution is -0.0164. The first-order valence-corrected chi connectivity index (χ1v) is 5.47. The fraction of sp³-hybridized carbons (Fsp3) is 0.100. The first-order valence-electron chi connectivity index (χ1n) is 4.47. The van der Waals surface area contributed by atoms with Crippen molar-refractivity contribution < 1.29 is 17.7 Å². The first-order chi connectivity index (χ1) is 7.72. The van der Waals surface area contributed by atoms with Crippen LogP contribution in [0.2, 0.25) is 0 Å². The number of rotatable bonds is 2. The van der Waals surface area contributed by atoms with Crippen LogP contribution < -0.4 is 0 Å². The fourth-order valence-electron chi connectivity index (χ4n) is 1.59. The molecule has 0 aliphatic heterocycles. The Morgan fingerprint density at radius 3 is 2.81 bits per heavy atom. The molecule has 0 spiro atoms. The molecule has 82 valence electrons. The van der Waals surface area contributed by atoms with Crippen molar-refractivity contribution in [3.8, 4) is 0 Å². The summed E-state index contributed by atoms with van der Waals surface area (Å²) < 4.78 is 25.8. The van der Waals surface area contributed by atoms with Gasteiger partial charge in [0.15, 0.2) is 6.10 Å². The van der Waals surface area contributed by atoms with Gasteiger partial charge in [0, 0.05) is 11.6 Å². The monoisotopic (exact) mass is 235 g/mol. The first kappa shape index (κ1) is 10.9. The Hall–Kier alpha value is -1.59. The summed E-state index contributed by atoms with van der Waals surface area (Å²) in [4.78, 5) is 3.01. The van der Waals surface area contributed by atoms with E-state index in [1.165, 1.54) is 6.08 Å². The van der Waals surface area contributed by atoms with Crippen LogP contribution in [0.3, 0.4) is 0 Å². The van der Waals surface area contributed by atoms with Gasteiger partial charge in [-0.25, -0.2) is 4.21 Å². The minimum absolute atomic E-state index is 0.155. The van der Waals surface area contributed by atoms with Crippen LogP contribution in [0.4, 0.5) is 0 Å². The summed E-state index contributed by atoms with van der Waals surface area (Å²) in [5, 5.41) is 0. The van der Waals surface area contributed by atoms with E-state index in [1.807, 2.05) is 12.1 Å². The second-order valence-corrected chi connectivity index (χ2v) is 3.77. The second kappa shape index (κ2) is 4.51. The highest BCUT2D eigenvalue weighted by Gasteiger charge is 2.29. The van der Waals surface area contributed by atoms with Gasteiger partial charge in [-0.3, -0.25) is 4.18 Å². The summed E-state index contributed by atoms with van der Waals surface area (Å²) in [5.41, 5.74) is 10.4. The van der Waals surface area contributed by atoms with Crippen molar-refractivity contribution >= 4 is 23.1 Å². The van der Waals surface area contributed by atoms with E-state index in [1.54, 1.807) is 18.2 Å².